The molecule has 1 aromatic rings. The SMILES string of the molecule is CCCC[C@@H](CC)C(=O)c1cc2c(s1)CSC2. The Morgan fingerprint density at radius 3 is 2.88 bits per heavy atom. The molecule has 1 aromatic heterocycles. The number of hydrogen-bond donors (Lipinski definition) is 0. The average Bonchev–Trinajstić information content (AvgIpc) is 2.89. The van der Waals surface area contributed by atoms with Gasteiger partial charge in [-0.3, -0.25) is 4.79 Å². The van der Waals surface area contributed by atoms with E-state index < -0.39 is 0 Å². The molecule has 0 radical (unpaired) electrons. The normalized spacial score (nSPS) is 15.9. The maximum Gasteiger partial charge on any atom is 0.175 e. The summed E-state index contributed by atoms with van der Waals surface area (Å²) in [7, 11) is 0. The molecule has 0 spiro atoms. The van der Waals surface area contributed by atoms with Crippen LogP contribution in [0.1, 0.15) is 59.6 Å². The van der Waals surface area contributed by atoms with Crippen molar-refractivity contribution in [3.8, 4) is 0 Å². The van der Waals surface area contributed by atoms with Crippen LogP contribution in [0.5, 0.6) is 0 Å². The number of thiophene rings is 1. The molecule has 94 valence electrons. The zero-order valence-electron chi connectivity index (χ0n) is 10.6. The number of thioether (sulfide) groups is 1. The Morgan fingerprint density at radius 2 is 2.24 bits per heavy atom. The smallest absolute Gasteiger partial charge is 0.175 e. The van der Waals surface area contributed by atoms with Gasteiger partial charge in [0.15, 0.2) is 5.78 Å². The Morgan fingerprint density at radius 1 is 1.41 bits per heavy atom. The fourth-order valence-corrected chi connectivity index (χ4v) is 4.78. The Balaban J connectivity index is 2.06. The van der Waals surface area contributed by atoms with Crippen molar-refractivity contribution in [2.24, 2.45) is 5.92 Å². The Bertz CT molecular complexity index is 373. The molecule has 1 aliphatic rings. The summed E-state index contributed by atoms with van der Waals surface area (Å²) in [6.07, 6.45) is 4.39. The van der Waals surface area contributed by atoms with Crippen LogP contribution in [-0.2, 0) is 11.5 Å². The fourth-order valence-electron chi connectivity index (χ4n) is 2.26. The van der Waals surface area contributed by atoms with E-state index in [2.05, 4.69) is 19.9 Å². The van der Waals surface area contributed by atoms with Gasteiger partial charge in [0.25, 0.3) is 0 Å². The number of Topliss-reactive ketones (excluding diaryl/α,β-unsaturated/α-hetero) is 1. The number of ketones is 1. The first-order valence-corrected chi connectivity index (χ1v) is 8.46. The minimum absolute atomic E-state index is 0.251. The number of carbonyl (C=O) groups is 1. The van der Waals surface area contributed by atoms with Crippen LogP contribution in [0.2, 0.25) is 0 Å². The van der Waals surface area contributed by atoms with E-state index >= 15 is 0 Å². The zero-order chi connectivity index (χ0) is 12.3. The maximum atomic E-state index is 12.4. The molecule has 1 aliphatic heterocycles. The van der Waals surface area contributed by atoms with Gasteiger partial charge < -0.3 is 0 Å². The predicted octanol–water partition coefficient (Wildman–Crippen LogP) is 4.89. The molecule has 0 bridgehead atoms. The number of unbranched alkanes of at least 4 members (excludes halogenated alkanes) is 1. The topological polar surface area (TPSA) is 17.1 Å². The molecule has 0 aromatic carbocycles. The van der Waals surface area contributed by atoms with Crippen LogP contribution >= 0.6 is 23.1 Å². The molecule has 0 saturated carbocycles. The monoisotopic (exact) mass is 268 g/mol. The minimum atomic E-state index is 0.251. The highest BCUT2D eigenvalue weighted by molar-refractivity contribution is 7.98. The molecule has 2 heterocycles. The minimum Gasteiger partial charge on any atom is -0.293 e. The van der Waals surface area contributed by atoms with Gasteiger partial charge in [-0.2, -0.15) is 11.8 Å². The first-order valence-electron chi connectivity index (χ1n) is 6.49. The van der Waals surface area contributed by atoms with E-state index in [1.807, 2.05) is 11.8 Å². The van der Waals surface area contributed by atoms with Gasteiger partial charge in [-0.15, -0.1) is 11.3 Å². The third-order valence-electron chi connectivity index (χ3n) is 3.40. The van der Waals surface area contributed by atoms with E-state index in [4.69, 9.17) is 0 Å². The summed E-state index contributed by atoms with van der Waals surface area (Å²) in [5.41, 5.74) is 1.41. The summed E-state index contributed by atoms with van der Waals surface area (Å²) in [6.45, 7) is 4.32. The molecule has 1 nitrogen and oxygen atoms in total. The van der Waals surface area contributed by atoms with Crippen molar-refractivity contribution in [2.75, 3.05) is 0 Å². The van der Waals surface area contributed by atoms with Crippen LogP contribution in [0.3, 0.4) is 0 Å². The van der Waals surface area contributed by atoms with E-state index in [0.717, 1.165) is 29.2 Å². The Kier molecular flexibility index (Phi) is 4.69. The summed E-state index contributed by atoms with van der Waals surface area (Å²) in [5.74, 6) is 2.86. The molecule has 0 fully saturated rings. The first kappa shape index (κ1) is 13.2. The highest BCUT2D eigenvalue weighted by Crippen LogP contribution is 2.37. The van der Waals surface area contributed by atoms with Gasteiger partial charge in [0.1, 0.15) is 0 Å². The molecule has 2 rings (SSSR count). The summed E-state index contributed by atoms with van der Waals surface area (Å²) in [5, 5.41) is 0. The van der Waals surface area contributed by atoms with Gasteiger partial charge in [0.2, 0.25) is 0 Å². The largest absolute Gasteiger partial charge is 0.293 e. The van der Waals surface area contributed by atoms with Crippen molar-refractivity contribution in [2.45, 2.75) is 51.0 Å². The van der Waals surface area contributed by atoms with Crippen molar-refractivity contribution >= 4 is 28.9 Å². The summed E-state index contributed by atoms with van der Waals surface area (Å²) in [4.78, 5) is 14.8. The lowest BCUT2D eigenvalue weighted by Gasteiger charge is -2.11. The van der Waals surface area contributed by atoms with Gasteiger partial charge in [-0.05, 0) is 24.5 Å². The molecule has 0 saturated heterocycles. The standard InChI is InChI=1S/C14H20OS2/c1-3-5-6-10(4-2)14(15)12-7-11-8-16-9-13(11)17-12/h7,10H,3-6,8-9H2,1-2H3/t10-/m1/s1. The zero-order valence-corrected chi connectivity index (χ0v) is 12.3. The van der Waals surface area contributed by atoms with E-state index in [1.165, 1.54) is 23.3 Å². The molecular formula is C14H20OS2. The van der Waals surface area contributed by atoms with E-state index in [0.29, 0.717) is 5.78 Å². The van der Waals surface area contributed by atoms with Crippen LogP contribution in [0.25, 0.3) is 0 Å². The molecule has 0 amide bonds. The van der Waals surface area contributed by atoms with Crippen molar-refractivity contribution in [3.63, 3.8) is 0 Å². The summed E-state index contributed by atoms with van der Waals surface area (Å²) in [6, 6.07) is 2.15. The number of fused-ring (bicyclic) bond motifs is 1. The highest BCUT2D eigenvalue weighted by Gasteiger charge is 2.23. The quantitative estimate of drug-likeness (QED) is 0.683. The maximum absolute atomic E-state index is 12.4. The fraction of sp³-hybridized carbons (Fsp3) is 0.643. The number of hydrogen-bond acceptors (Lipinski definition) is 3. The van der Waals surface area contributed by atoms with Gasteiger partial charge in [-0.1, -0.05) is 26.7 Å². The van der Waals surface area contributed by atoms with Crippen LogP contribution < -0.4 is 0 Å². The van der Waals surface area contributed by atoms with Crippen molar-refractivity contribution in [3.05, 3.63) is 21.4 Å². The lowest BCUT2D eigenvalue weighted by atomic mass is 9.94. The summed E-state index contributed by atoms with van der Waals surface area (Å²) < 4.78 is 0. The molecule has 3 heteroatoms. The second-order valence-corrected chi connectivity index (χ2v) is 6.79. The second-order valence-electron chi connectivity index (χ2n) is 4.66. The average molecular weight is 268 g/mol. The van der Waals surface area contributed by atoms with Crippen LogP contribution in [0.4, 0.5) is 0 Å². The molecule has 0 N–H and O–H groups in total. The molecule has 1 atom stereocenters. The molecule has 0 unspecified atom stereocenters. The first-order chi connectivity index (χ1) is 8.26. The number of rotatable bonds is 6. The highest BCUT2D eigenvalue weighted by atomic mass is 32.2. The van der Waals surface area contributed by atoms with Crippen molar-refractivity contribution < 1.29 is 4.79 Å². The van der Waals surface area contributed by atoms with Crippen molar-refractivity contribution in [1.82, 2.24) is 0 Å². The third kappa shape index (κ3) is 2.94. The third-order valence-corrected chi connectivity index (χ3v) is 5.78. The van der Waals surface area contributed by atoms with E-state index in [1.54, 1.807) is 11.3 Å². The molecule has 0 aliphatic carbocycles. The summed E-state index contributed by atoms with van der Waals surface area (Å²) >= 11 is 3.69. The van der Waals surface area contributed by atoms with Crippen LogP contribution in [0.15, 0.2) is 6.07 Å². The van der Waals surface area contributed by atoms with Gasteiger partial charge in [-0.25, -0.2) is 0 Å². The van der Waals surface area contributed by atoms with Gasteiger partial charge >= 0.3 is 0 Å². The number of carbonyl (C=O) groups excluding carboxylic acids is 1. The predicted molar refractivity (Wildman–Crippen MR) is 77.0 cm³/mol. The molecule has 17 heavy (non-hydrogen) atoms. The Labute approximate surface area is 112 Å². The Hall–Kier alpha value is -0.280. The van der Waals surface area contributed by atoms with Crippen LogP contribution in [0, 0.1) is 5.92 Å². The van der Waals surface area contributed by atoms with Crippen molar-refractivity contribution in [1.29, 1.82) is 0 Å². The lowest BCUT2D eigenvalue weighted by Crippen LogP contribution is -2.12. The van der Waals surface area contributed by atoms with E-state index in [-0.39, 0.29) is 5.92 Å². The lowest BCUT2D eigenvalue weighted by molar-refractivity contribution is 0.0912. The van der Waals surface area contributed by atoms with Crippen LogP contribution in [-0.4, -0.2) is 5.78 Å². The van der Waals surface area contributed by atoms with Gasteiger partial charge in [0.05, 0.1) is 4.88 Å². The van der Waals surface area contributed by atoms with Gasteiger partial charge in [0, 0.05) is 22.3 Å². The second kappa shape index (κ2) is 6.05. The molecular weight excluding hydrogens is 248 g/mol. The van der Waals surface area contributed by atoms with E-state index in [9.17, 15) is 4.79 Å².